The number of halogens is 1. The lowest BCUT2D eigenvalue weighted by atomic mass is 10.2. The molecular formula is C10H12ClN3S. The minimum Gasteiger partial charge on any atom is -0.383 e. The molecule has 15 heavy (non-hydrogen) atoms. The third kappa shape index (κ3) is 1.68. The molecule has 0 fully saturated rings. The highest BCUT2D eigenvalue weighted by atomic mass is 35.5. The molecule has 0 aromatic carbocycles. The number of hydrogen-bond donors (Lipinski definition) is 1. The molecule has 2 N–H and O–H groups in total. The van der Waals surface area contributed by atoms with Gasteiger partial charge in [0.2, 0.25) is 0 Å². The zero-order chi connectivity index (χ0) is 11.2. The minimum atomic E-state index is -0.209. The summed E-state index contributed by atoms with van der Waals surface area (Å²) in [6.45, 7) is 5.94. The van der Waals surface area contributed by atoms with E-state index >= 15 is 0 Å². The largest absolute Gasteiger partial charge is 0.383 e. The fourth-order valence-corrected chi connectivity index (χ4v) is 2.62. The molecule has 2 rings (SSSR count). The Balaban J connectivity index is 2.78. The first-order valence-electron chi connectivity index (χ1n) is 4.68. The Morgan fingerprint density at radius 2 is 2.00 bits per heavy atom. The molecule has 0 radical (unpaired) electrons. The van der Waals surface area contributed by atoms with Crippen LogP contribution in [0.3, 0.4) is 0 Å². The molecule has 1 unspecified atom stereocenters. The molecule has 2 heterocycles. The van der Waals surface area contributed by atoms with Gasteiger partial charge in [0.05, 0.1) is 10.8 Å². The maximum atomic E-state index is 5.95. The Morgan fingerprint density at radius 3 is 2.60 bits per heavy atom. The van der Waals surface area contributed by atoms with Gasteiger partial charge in [-0.3, -0.25) is 0 Å². The molecule has 0 bridgehead atoms. The van der Waals surface area contributed by atoms with Crippen molar-refractivity contribution in [1.29, 1.82) is 0 Å². The molecule has 0 aliphatic heterocycles. The van der Waals surface area contributed by atoms with E-state index in [0.717, 1.165) is 10.2 Å². The van der Waals surface area contributed by atoms with Crippen molar-refractivity contribution in [3.05, 3.63) is 16.3 Å². The van der Waals surface area contributed by atoms with Crippen molar-refractivity contribution in [2.24, 2.45) is 0 Å². The first-order valence-corrected chi connectivity index (χ1v) is 5.93. The number of nitrogens with zero attached hydrogens (tertiary/aromatic N) is 2. The Labute approximate surface area is 97.3 Å². The molecule has 5 heteroatoms. The average molecular weight is 242 g/mol. The van der Waals surface area contributed by atoms with E-state index in [1.165, 1.54) is 10.4 Å². The number of nitrogens with two attached hydrogens (primary N) is 1. The van der Waals surface area contributed by atoms with Crippen LogP contribution >= 0.6 is 22.9 Å². The molecule has 0 aliphatic rings. The van der Waals surface area contributed by atoms with E-state index in [2.05, 4.69) is 16.9 Å². The molecule has 1 atom stereocenters. The lowest BCUT2D eigenvalue weighted by Gasteiger charge is -2.03. The number of aromatic nitrogens is 2. The number of hydrogen-bond acceptors (Lipinski definition) is 4. The van der Waals surface area contributed by atoms with Crippen LogP contribution in [0, 0.1) is 13.8 Å². The number of thiophene rings is 1. The van der Waals surface area contributed by atoms with E-state index in [1.807, 2.05) is 13.8 Å². The van der Waals surface area contributed by atoms with Gasteiger partial charge in [-0.15, -0.1) is 22.9 Å². The Kier molecular flexibility index (Phi) is 2.56. The smallest absolute Gasteiger partial charge is 0.149 e. The second kappa shape index (κ2) is 3.61. The number of anilines is 1. The highest BCUT2D eigenvalue weighted by molar-refractivity contribution is 7.18. The molecule has 2 aromatic rings. The monoisotopic (exact) mass is 241 g/mol. The van der Waals surface area contributed by atoms with Crippen LogP contribution in [0.25, 0.3) is 10.2 Å². The number of fused-ring (bicyclic) bond motifs is 1. The summed E-state index contributed by atoms with van der Waals surface area (Å²) in [5, 5.41) is 0.762. The second-order valence-corrected chi connectivity index (χ2v) is 5.40. The number of nitrogen functional groups attached to an aromatic ring is 1. The van der Waals surface area contributed by atoms with E-state index in [-0.39, 0.29) is 5.38 Å². The predicted molar refractivity (Wildman–Crippen MR) is 65.6 cm³/mol. The van der Waals surface area contributed by atoms with Crippen molar-refractivity contribution in [2.75, 3.05) is 5.73 Å². The molecule has 0 saturated heterocycles. The minimum absolute atomic E-state index is 0.209. The van der Waals surface area contributed by atoms with E-state index in [4.69, 9.17) is 17.3 Å². The van der Waals surface area contributed by atoms with Crippen LogP contribution in [-0.4, -0.2) is 9.97 Å². The maximum absolute atomic E-state index is 5.95. The Hall–Kier alpha value is -0.870. The molecule has 80 valence electrons. The van der Waals surface area contributed by atoms with Gasteiger partial charge in [-0.25, -0.2) is 9.97 Å². The summed E-state index contributed by atoms with van der Waals surface area (Å²) in [5.74, 6) is 1.13. The third-order valence-corrected chi connectivity index (χ3v) is 3.73. The van der Waals surface area contributed by atoms with Gasteiger partial charge in [0.25, 0.3) is 0 Å². The van der Waals surface area contributed by atoms with Crippen molar-refractivity contribution >= 4 is 39.0 Å². The topological polar surface area (TPSA) is 51.8 Å². The lowest BCUT2D eigenvalue weighted by molar-refractivity contribution is 0.935. The highest BCUT2D eigenvalue weighted by Gasteiger charge is 2.14. The zero-order valence-corrected chi connectivity index (χ0v) is 10.4. The van der Waals surface area contributed by atoms with Gasteiger partial charge in [-0.05, 0) is 26.3 Å². The van der Waals surface area contributed by atoms with E-state index in [1.54, 1.807) is 11.3 Å². The SMILES string of the molecule is Cc1sc2nc(C(C)Cl)nc(N)c2c1C. The summed E-state index contributed by atoms with van der Waals surface area (Å²) < 4.78 is 0. The van der Waals surface area contributed by atoms with Crippen molar-refractivity contribution in [2.45, 2.75) is 26.1 Å². The van der Waals surface area contributed by atoms with Crippen LogP contribution in [0.4, 0.5) is 5.82 Å². The van der Waals surface area contributed by atoms with Crippen molar-refractivity contribution in [3.63, 3.8) is 0 Å². The normalized spacial score (nSPS) is 13.3. The van der Waals surface area contributed by atoms with Crippen LogP contribution in [0.15, 0.2) is 0 Å². The molecule has 0 spiro atoms. The highest BCUT2D eigenvalue weighted by Crippen LogP contribution is 2.33. The van der Waals surface area contributed by atoms with Crippen molar-refractivity contribution in [3.8, 4) is 0 Å². The van der Waals surface area contributed by atoms with Crippen molar-refractivity contribution < 1.29 is 0 Å². The van der Waals surface area contributed by atoms with Gasteiger partial charge < -0.3 is 5.73 Å². The summed E-state index contributed by atoms with van der Waals surface area (Å²) in [7, 11) is 0. The molecule has 2 aromatic heterocycles. The van der Waals surface area contributed by atoms with E-state index in [0.29, 0.717) is 11.6 Å². The fraction of sp³-hybridized carbons (Fsp3) is 0.400. The van der Waals surface area contributed by atoms with Gasteiger partial charge in [0, 0.05) is 4.88 Å². The molecule has 0 saturated carbocycles. The molecule has 0 aliphatic carbocycles. The van der Waals surface area contributed by atoms with Crippen LogP contribution < -0.4 is 5.73 Å². The summed E-state index contributed by atoms with van der Waals surface area (Å²) in [4.78, 5) is 10.8. The molecule has 0 amide bonds. The first kappa shape index (κ1) is 10.6. The van der Waals surface area contributed by atoms with Crippen LogP contribution in [0.2, 0.25) is 0 Å². The number of aryl methyl sites for hydroxylation is 2. The summed E-state index contributed by atoms with van der Waals surface area (Å²) in [5.41, 5.74) is 7.07. The zero-order valence-electron chi connectivity index (χ0n) is 8.84. The quantitative estimate of drug-likeness (QED) is 0.781. The Morgan fingerprint density at radius 1 is 1.33 bits per heavy atom. The van der Waals surface area contributed by atoms with Gasteiger partial charge in [-0.2, -0.15) is 0 Å². The lowest BCUT2D eigenvalue weighted by Crippen LogP contribution is -2.00. The van der Waals surface area contributed by atoms with E-state index < -0.39 is 0 Å². The standard InChI is InChI=1S/C10H12ClN3S/c1-4-6(3)15-10-7(4)8(12)13-9(14-10)5(2)11/h5H,1-3H3,(H2,12,13,14). The van der Waals surface area contributed by atoms with Gasteiger partial charge in [0.1, 0.15) is 16.5 Å². The van der Waals surface area contributed by atoms with E-state index in [9.17, 15) is 0 Å². The summed E-state index contributed by atoms with van der Waals surface area (Å²) in [6, 6.07) is 0. The fourth-order valence-electron chi connectivity index (χ4n) is 1.48. The second-order valence-electron chi connectivity index (χ2n) is 3.55. The summed E-state index contributed by atoms with van der Waals surface area (Å²) in [6.07, 6.45) is 0. The van der Waals surface area contributed by atoms with Gasteiger partial charge in [-0.1, -0.05) is 0 Å². The summed E-state index contributed by atoms with van der Waals surface area (Å²) >= 11 is 7.58. The molecule has 3 nitrogen and oxygen atoms in total. The first-order chi connectivity index (χ1) is 7.00. The number of rotatable bonds is 1. The van der Waals surface area contributed by atoms with Crippen LogP contribution in [0.5, 0.6) is 0 Å². The predicted octanol–water partition coefficient (Wildman–Crippen LogP) is 3.19. The number of alkyl halides is 1. The van der Waals surface area contributed by atoms with Crippen LogP contribution in [0.1, 0.15) is 28.6 Å². The van der Waals surface area contributed by atoms with Crippen LogP contribution in [-0.2, 0) is 0 Å². The van der Waals surface area contributed by atoms with Crippen molar-refractivity contribution in [1.82, 2.24) is 9.97 Å². The van der Waals surface area contributed by atoms with Gasteiger partial charge in [0.15, 0.2) is 0 Å². The molecular weight excluding hydrogens is 230 g/mol. The average Bonchev–Trinajstić information content (AvgIpc) is 2.42. The van der Waals surface area contributed by atoms with Gasteiger partial charge >= 0.3 is 0 Å². The maximum Gasteiger partial charge on any atom is 0.149 e. The third-order valence-electron chi connectivity index (χ3n) is 2.43. The Bertz CT molecular complexity index is 519.